The zero-order chi connectivity index (χ0) is 19.1. The van der Waals surface area contributed by atoms with E-state index in [1.54, 1.807) is 38.3 Å². The van der Waals surface area contributed by atoms with Crippen molar-refractivity contribution >= 4 is 11.8 Å². The number of benzene rings is 2. The van der Waals surface area contributed by atoms with Gasteiger partial charge in [-0.1, -0.05) is 44.2 Å². The van der Waals surface area contributed by atoms with Crippen molar-refractivity contribution in [2.24, 2.45) is 5.92 Å². The number of hydrogen-bond donors (Lipinski definition) is 2. The zero-order valence-electron chi connectivity index (χ0n) is 15.7. The Balaban J connectivity index is 2.03. The van der Waals surface area contributed by atoms with Crippen molar-refractivity contribution < 1.29 is 14.3 Å². The number of nitrogens with one attached hydrogen (secondary N) is 2. The van der Waals surface area contributed by atoms with Crippen molar-refractivity contribution in [3.63, 3.8) is 0 Å². The molecule has 0 saturated heterocycles. The van der Waals surface area contributed by atoms with Gasteiger partial charge >= 0.3 is 0 Å². The third-order valence-corrected chi connectivity index (χ3v) is 4.22. The Morgan fingerprint density at radius 2 is 1.50 bits per heavy atom. The Labute approximate surface area is 154 Å². The molecule has 2 aromatic rings. The second-order valence-electron chi connectivity index (χ2n) is 6.56. The number of carbonyl (C=O) groups excluding carboxylic acids is 2. The van der Waals surface area contributed by atoms with Gasteiger partial charge in [0, 0.05) is 5.56 Å². The van der Waals surface area contributed by atoms with Crippen molar-refractivity contribution in [3.8, 4) is 5.75 Å². The Morgan fingerprint density at radius 3 is 2.04 bits per heavy atom. The van der Waals surface area contributed by atoms with Crippen LogP contribution in [0.1, 0.15) is 42.7 Å². The van der Waals surface area contributed by atoms with Gasteiger partial charge in [-0.25, -0.2) is 0 Å². The first kappa shape index (κ1) is 19.5. The predicted octanol–water partition coefficient (Wildman–Crippen LogP) is 3.33. The van der Waals surface area contributed by atoms with Crippen molar-refractivity contribution in [3.05, 3.63) is 65.7 Å². The van der Waals surface area contributed by atoms with Crippen molar-refractivity contribution in [1.82, 2.24) is 10.6 Å². The predicted molar refractivity (Wildman–Crippen MR) is 102 cm³/mol. The fourth-order valence-electron chi connectivity index (χ4n) is 2.66. The van der Waals surface area contributed by atoms with Crippen molar-refractivity contribution in [2.45, 2.75) is 32.9 Å². The highest BCUT2D eigenvalue weighted by atomic mass is 16.5. The van der Waals surface area contributed by atoms with Gasteiger partial charge in [-0.05, 0) is 42.7 Å². The first-order chi connectivity index (χ1) is 12.4. The summed E-state index contributed by atoms with van der Waals surface area (Å²) in [6.07, 6.45) is 0. The third kappa shape index (κ3) is 5.09. The molecule has 0 bridgehead atoms. The van der Waals surface area contributed by atoms with Crippen LogP contribution in [0.25, 0.3) is 0 Å². The molecule has 5 nitrogen and oxygen atoms in total. The molecule has 0 aliphatic rings. The molecule has 0 aliphatic heterocycles. The molecule has 0 spiro atoms. The van der Waals surface area contributed by atoms with Crippen LogP contribution in [0, 0.1) is 5.92 Å². The van der Waals surface area contributed by atoms with E-state index in [0.717, 1.165) is 11.3 Å². The summed E-state index contributed by atoms with van der Waals surface area (Å²) in [5, 5.41) is 5.77. The normalized spacial score (nSPS) is 13.0. The van der Waals surface area contributed by atoms with Crippen molar-refractivity contribution in [2.75, 3.05) is 7.11 Å². The monoisotopic (exact) mass is 354 g/mol. The molecule has 2 amide bonds. The number of hydrogen-bond acceptors (Lipinski definition) is 3. The van der Waals surface area contributed by atoms with E-state index in [1.807, 2.05) is 44.2 Å². The number of amides is 2. The molecule has 0 fully saturated rings. The SMILES string of the molecule is COc1ccc(C(NC(=O)C(C)NC(=O)c2ccccc2)C(C)C)cc1. The van der Waals surface area contributed by atoms with Crippen LogP contribution in [0.2, 0.25) is 0 Å². The van der Waals surface area contributed by atoms with Crippen LogP contribution in [-0.2, 0) is 4.79 Å². The summed E-state index contributed by atoms with van der Waals surface area (Å²) < 4.78 is 5.18. The lowest BCUT2D eigenvalue weighted by Gasteiger charge is -2.25. The van der Waals surface area contributed by atoms with Gasteiger partial charge < -0.3 is 15.4 Å². The molecule has 2 unspecified atom stereocenters. The summed E-state index contributed by atoms with van der Waals surface area (Å²) in [6.45, 7) is 5.77. The summed E-state index contributed by atoms with van der Waals surface area (Å²) >= 11 is 0. The van der Waals surface area contributed by atoms with Gasteiger partial charge in [-0.15, -0.1) is 0 Å². The van der Waals surface area contributed by atoms with Gasteiger partial charge in [0.05, 0.1) is 13.2 Å². The quantitative estimate of drug-likeness (QED) is 0.801. The highest BCUT2D eigenvalue weighted by molar-refractivity contribution is 5.97. The highest BCUT2D eigenvalue weighted by Crippen LogP contribution is 2.24. The molecule has 2 rings (SSSR count). The molecular weight excluding hydrogens is 328 g/mol. The summed E-state index contributed by atoms with van der Waals surface area (Å²) in [4.78, 5) is 24.8. The smallest absolute Gasteiger partial charge is 0.251 e. The van der Waals surface area contributed by atoms with E-state index in [4.69, 9.17) is 4.74 Å². The molecule has 0 aliphatic carbocycles. The van der Waals surface area contributed by atoms with Crippen LogP contribution in [0.4, 0.5) is 0 Å². The average Bonchev–Trinajstić information content (AvgIpc) is 2.66. The third-order valence-electron chi connectivity index (χ3n) is 4.22. The Morgan fingerprint density at radius 1 is 0.885 bits per heavy atom. The minimum Gasteiger partial charge on any atom is -0.497 e. The molecule has 5 heteroatoms. The molecule has 138 valence electrons. The number of rotatable bonds is 7. The fraction of sp³-hybridized carbons (Fsp3) is 0.333. The standard InChI is InChI=1S/C21H26N2O3/c1-14(2)19(16-10-12-18(26-4)13-11-16)23-20(24)15(3)22-21(25)17-8-6-5-7-9-17/h5-15,19H,1-4H3,(H,22,25)(H,23,24). The fourth-order valence-corrected chi connectivity index (χ4v) is 2.66. The van der Waals surface area contributed by atoms with Crippen LogP contribution in [0.15, 0.2) is 54.6 Å². The number of carbonyl (C=O) groups is 2. The second kappa shape index (κ2) is 9.04. The Hall–Kier alpha value is -2.82. The summed E-state index contributed by atoms with van der Waals surface area (Å²) in [7, 11) is 1.62. The van der Waals surface area contributed by atoms with E-state index in [2.05, 4.69) is 10.6 Å². The molecule has 0 heterocycles. The molecular formula is C21H26N2O3. The van der Waals surface area contributed by atoms with Crippen LogP contribution in [-0.4, -0.2) is 25.0 Å². The molecule has 26 heavy (non-hydrogen) atoms. The van der Waals surface area contributed by atoms with E-state index < -0.39 is 6.04 Å². The van der Waals surface area contributed by atoms with E-state index in [9.17, 15) is 9.59 Å². The largest absolute Gasteiger partial charge is 0.497 e. The van der Waals surface area contributed by atoms with Crippen molar-refractivity contribution in [1.29, 1.82) is 0 Å². The molecule has 2 atom stereocenters. The van der Waals surface area contributed by atoms with Crippen LogP contribution >= 0.6 is 0 Å². The van der Waals surface area contributed by atoms with E-state index >= 15 is 0 Å². The minimum absolute atomic E-state index is 0.149. The van der Waals surface area contributed by atoms with Gasteiger partial charge in [0.15, 0.2) is 0 Å². The van der Waals surface area contributed by atoms with Gasteiger partial charge in [0.1, 0.15) is 11.8 Å². The first-order valence-corrected chi connectivity index (χ1v) is 8.72. The van der Waals surface area contributed by atoms with Gasteiger partial charge in [0.2, 0.25) is 5.91 Å². The molecule has 0 radical (unpaired) electrons. The van der Waals surface area contributed by atoms with Crippen LogP contribution in [0.5, 0.6) is 5.75 Å². The van der Waals surface area contributed by atoms with Gasteiger partial charge in [0.25, 0.3) is 5.91 Å². The summed E-state index contributed by atoms with van der Waals surface area (Å²) in [5.74, 6) is 0.484. The van der Waals surface area contributed by atoms with E-state index in [1.165, 1.54) is 0 Å². The summed E-state index contributed by atoms with van der Waals surface area (Å²) in [6, 6.07) is 15.7. The lowest BCUT2D eigenvalue weighted by molar-refractivity contribution is -0.123. The van der Waals surface area contributed by atoms with Crippen LogP contribution in [0.3, 0.4) is 0 Å². The molecule has 2 aromatic carbocycles. The maximum Gasteiger partial charge on any atom is 0.251 e. The Bertz CT molecular complexity index is 727. The molecule has 0 saturated carbocycles. The topological polar surface area (TPSA) is 67.4 Å². The summed E-state index contributed by atoms with van der Waals surface area (Å²) in [5.41, 5.74) is 1.53. The number of ether oxygens (including phenoxy) is 1. The lowest BCUT2D eigenvalue weighted by Crippen LogP contribution is -2.46. The van der Waals surface area contributed by atoms with E-state index in [0.29, 0.717) is 5.56 Å². The number of methoxy groups -OCH3 is 1. The first-order valence-electron chi connectivity index (χ1n) is 8.72. The highest BCUT2D eigenvalue weighted by Gasteiger charge is 2.23. The minimum atomic E-state index is -0.637. The van der Waals surface area contributed by atoms with E-state index in [-0.39, 0.29) is 23.8 Å². The van der Waals surface area contributed by atoms with Gasteiger partial charge in [-0.2, -0.15) is 0 Å². The molecule has 2 N–H and O–H groups in total. The molecule has 0 aromatic heterocycles. The van der Waals surface area contributed by atoms with Crippen LogP contribution < -0.4 is 15.4 Å². The second-order valence-corrected chi connectivity index (χ2v) is 6.56. The maximum atomic E-state index is 12.6. The average molecular weight is 354 g/mol. The zero-order valence-corrected chi connectivity index (χ0v) is 15.7. The maximum absolute atomic E-state index is 12.6. The lowest BCUT2D eigenvalue weighted by atomic mass is 9.95. The Kier molecular flexibility index (Phi) is 6.78. The van der Waals surface area contributed by atoms with Gasteiger partial charge in [-0.3, -0.25) is 9.59 Å².